The number of benzene rings is 2. The summed E-state index contributed by atoms with van der Waals surface area (Å²) < 4.78 is 18.8. The van der Waals surface area contributed by atoms with E-state index in [0.29, 0.717) is 18.6 Å². The van der Waals surface area contributed by atoms with Gasteiger partial charge in [-0.3, -0.25) is 9.69 Å². The number of likely N-dealkylation sites (tertiary alicyclic amines) is 1. The number of anilines is 1. The summed E-state index contributed by atoms with van der Waals surface area (Å²) in [5.41, 5.74) is 3.19. The Bertz CT molecular complexity index is 1180. The summed E-state index contributed by atoms with van der Waals surface area (Å²) in [7, 11) is 0. The first-order valence-electron chi connectivity index (χ1n) is 10.5. The molecule has 3 heterocycles. The summed E-state index contributed by atoms with van der Waals surface area (Å²) in [4.78, 5) is 22.8. The van der Waals surface area contributed by atoms with Crippen LogP contribution in [0.2, 0.25) is 0 Å². The van der Waals surface area contributed by atoms with Crippen molar-refractivity contribution in [1.82, 2.24) is 14.9 Å². The molecule has 0 aliphatic carbocycles. The summed E-state index contributed by atoms with van der Waals surface area (Å²) in [5.74, 6) is 1.25. The Morgan fingerprint density at radius 2 is 2.10 bits per heavy atom. The molecule has 31 heavy (non-hydrogen) atoms. The fourth-order valence-electron chi connectivity index (χ4n) is 4.14. The molecule has 0 spiro atoms. The van der Waals surface area contributed by atoms with Gasteiger partial charge in [0.2, 0.25) is 5.91 Å². The lowest BCUT2D eigenvalue weighted by molar-refractivity contribution is -0.121. The minimum atomic E-state index is -0.283. The second-order valence-electron chi connectivity index (χ2n) is 7.96. The van der Waals surface area contributed by atoms with Crippen LogP contribution in [-0.4, -0.2) is 33.9 Å². The molecular weight excluding hydrogens is 395 g/mol. The molecule has 1 aliphatic rings. The normalized spacial score (nSPS) is 17.1. The van der Waals surface area contributed by atoms with E-state index in [-0.39, 0.29) is 17.6 Å². The molecule has 0 radical (unpaired) electrons. The van der Waals surface area contributed by atoms with Crippen molar-refractivity contribution in [1.29, 1.82) is 0 Å². The van der Waals surface area contributed by atoms with E-state index in [2.05, 4.69) is 20.2 Å². The van der Waals surface area contributed by atoms with Crippen molar-refractivity contribution in [3.63, 3.8) is 0 Å². The maximum absolute atomic E-state index is 13.4. The van der Waals surface area contributed by atoms with Crippen molar-refractivity contribution in [3.05, 3.63) is 72.5 Å². The van der Waals surface area contributed by atoms with Gasteiger partial charge in [-0.15, -0.1) is 0 Å². The van der Waals surface area contributed by atoms with Crippen LogP contribution in [0.1, 0.15) is 18.7 Å². The van der Waals surface area contributed by atoms with E-state index in [1.807, 2.05) is 36.4 Å². The quantitative estimate of drug-likeness (QED) is 0.488. The summed E-state index contributed by atoms with van der Waals surface area (Å²) >= 11 is 0. The number of furan rings is 1. The molecule has 1 fully saturated rings. The smallest absolute Gasteiger partial charge is 0.228 e. The predicted molar refractivity (Wildman–Crippen MR) is 117 cm³/mol. The Morgan fingerprint density at radius 1 is 1.23 bits per heavy atom. The van der Waals surface area contributed by atoms with E-state index in [9.17, 15) is 9.18 Å². The number of aromatic nitrogens is 2. The van der Waals surface area contributed by atoms with Crippen LogP contribution in [0.5, 0.6) is 0 Å². The highest BCUT2D eigenvalue weighted by Gasteiger charge is 2.26. The number of hydrogen-bond acceptors (Lipinski definition) is 4. The van der Waals surface area contributed by atoms with Crippen LogP contribution in [-0.2, 0) is 11.3 Å². The molecule has 5 rings (SSSR count). The lowest BCUT2D eigenvalue weighted by Crippen LogP contribution is -2.40. The average Bonchev–Trinajstić information content (AvgIpc) is 3.44. The van der Waals surface area contributed by atoms with Crippen molar-refractivity contribution in [2.75, 3.05) is 18.4 Å². The Balaban J connectivity index is 1.20. The van der Waals surface area contributed by atoms with Crippen LogP contribution in [0.4, 0.5) is 10.1 Å². The number of carbonyl (C=O) groups excluding carboxylic acids is 1. The minimum absolute atomic E-state index is 0.0297. The summed E-state index contributed by atoms with van der Waals surface area (Å²) in [5, 5.41) is 3.03. The third-order valence-corrected chi connectivity index (χ3v) is 5.70. The number of nitrogens with one attached hydrogen (secondary N) is 2. The molecule has 0 unspecified atom stereocenters. The number of H-pyrrole nitrogens is 1. The van der Waals surface area contributed by atoms with Gasteiger partial charge in [0.1, 0.15) is 17.4 Å². The molecule has 158 valence electrons. The molecule has 2 aromatic carbocycles. The van der Waals surface area contributed by atoms with Gasteiger partial charge in [0, 0.05) is 17.8 Å². The molecule has 7 heteroatoms. The van der Waals surface area contributed by atoms with Gasteiger partial charge < -0.3 is 14.7 Å². The van der Waals surface area contributed by atoms with Crippen molar-refractivity contribution in [2.24, 2.45) is 5.92 Å². The molecule has 1 saturated heterocycles. The van der Waals surface area contributed by atoms with E-state index in [1.54, 1.807) is 12.3 Å². The van der Waals surface area contributed by atoms with Crippen LogP contribution in [0.15, 0.2) is 65.3 Å². The number of aromatic amines is 1. The number of piperidine rings is 1. The molecule has 4 aromatic rings. The Kier molecular flexibility index (Phi) is 5.26. The third-order valence-electron chi connectivity index (χ3n) is 5.70. The van der Waals surface area contributed by atoms with Crippen molar-refractivity contribution >= 4 is 22.6 Å². The highest BCUT2D eigenvalue weighted by molar-refractivity contribution is 5.93. The second kappa shape index (κ2) is 8.35. The van der Waals surface area contributed by atoms with Crippen LogP contribution >= 0.6 is 0 Å². The number of imidazole rings is 1. The maximum atomic E-state index is 13.4. The van der Waals surface area contributed by atoms with Gasteiger partial charge in [-0.25, -0.2) is 9.37 Å². The van der Waals surface area contributed by atoms with Gasteiger partial charge in [-0.2, -0.15) is 0 Å². The molecule has 2 N–H and O–H groups in total. The standard InChI is InChI=1S/C24H23FN4O2/c25-18-7-10-20-21(13-18)28-23(27-20)15-29-11-1-3-17(14-29)24(30)26-19-8-5-16(6-9-19)22-4-2-12-31-22/h2,4-10,12-13,17H,1,3,11,14-15H2,(H,26,30)(H,27,28)/t17-/m0/s1. The second-order valence-corrected chi connectivity index (χ2v) is 7.96. The molecule has 0 bridgehead atoms. The van der Waals surface area contributed by atoms with E-state index in [1.165, 1.54) is 12.1 Å². The number of nitrogens with zero attached hydrogens (tertiary/aromatic N) is 2. The largest absolute Gasteiger partial charge is 0.464 e. The number of hydrogen-bond donors (Lipinski definition) is 2. The molecule has 6 nitrogen and oxygen atoms in total. The van der Waals surface area contributed by atoms with Crippen molar-refractivity contribution < 1.29 is 13.6 Å². The topological polar surface area (TPSA) is 74.2 Å². The number of amides is 1. The zero-order chi connectivity index (χ0) is 21.2. The first-order chi connectivity index (χ1) is 15.1. The van der Waals surface area contributed by atoms with E-state index < -0.39 is 0 Å². The molecule has 0 saturated carbocycles. The van der Waals surface area contributed by atoms with Crippen LogP contribution in [0, 0.1) is 11.7 Å². The first kappa shape index (κ1) is 19.5. The van der Waals surface area contributed by atoms with Gasteiger partial charge in [-0.05, 0) is 74.0 Å². The number of rotatable bonds is 5. The van der Waals surface area contributed by atoms with Crippen molar-refractivity contribution in [3.8, 4) is 11.3 Å². The van der Waals surface area contributed by atoms with E-state index in [0.717, 1.165) is 47.7 Å². The monoisotopic (exact) mass is 418 g/mol. The number of carbonyl (C=O) groups is 1. The molecular formula is C24H23FN4O2. The van der Waals surface area contributed by atoms with E-state index >= 15 is 0 Å². The molecule has 1 amide bonds. The predicted octanol–water partition coefficient (Wildman–Crippen LogP) is 4.81. The third kappa shape index (κ3) is 4.36. The summed E-state index contributed by atoms with van der Waals surface area (Å²) in [6.07, 6.45) is 3.45. The Labute approximate surface area is 179 Å². The van der Waals surface area contributed by atoms with Crippen molar-refractivity contribution in [2.45, 2.75) is 19.4 Å². The van der Waals surface area contributed by atoms with Gasteiger partial charge in [0.15, 0.2) is 0 Å². The maximum Gasteiger partial charge on any atom is 0.228 e. The number of fused-ring (bicyclic) bond motifs is 1. The highest BCUT2D eigenvalue weighted by Crippen LogP contribution is 2.24. The molecule has 1 atom stereocenters. The van der Waals surface area contributed by atoms with Crippen LogP contribution in [0.3, 0.4) is 0 Å². The SMILES string of the molecule is O=C(Nc1ccc(-c2ccco2)cc1)[C@H]1CCCN(Cc2nc3ccc(F)cc3[nH]2)C1. The van der Waals surface area contributed by atoms with Gasteiger partial charge in [0.25, 0.3) is 0 Å². The van der Waals surface area contributed by atoms with Gasteiger partial charge in [0.05, 0.1) is 29.8 Å². The Morgan fingerprint density at radius 3 is 2.90 bits per heavy atom. The highest BCUT2D eigenvalue weighted by atomic mass is 19.1. The van der Waals surface area contributed by atoms with Gasteiger partial charge in [-0.1, -0.05) is 0 Å². The summed E-state index contributed by atoms with van der Waals surface area (Å²) in [6.45, 7) is 2.19. The zero-order valence-electron chi connectivity index (χ0n) is 17.0. The molecule has 1 aliphatic heterocycles. The van der Waals surface area contributed by atoms with Crippen LogP contribution < -0.4 is 5.32 Å². The summed E-state index contributed by atoms with van der Waals surface area (Å²) in [6, 6.07) is 16.0. The first-order valence-corrected chi connectivity index (χ1v) is 10.5. The molecule has 2 aromatic heterocycles. The fourth-order valence-corrected chi connectivity index (χ4v) is 4.14. The average molecular weight is 418 g/mol. The zero-order valence-corrected chi connectivity index (χ0v) is 17.0. The minimum Gasteiger partial charge on any atom is -0.464 e. The van der Waals surface area contributed by atoms with E-state index in [4.69, 9.17) is 4.42 Å². The van der Waals surface area contributed by atoms with Crippen LogP contribution in [0.25, 0.3) is 22.4 Å². The number of halogens is 1. The lowest BCUT2D eigenvalue weighted by Gasteiger charge is -2.31. The fraction of sp³-hybridized carbons (Fsp3) is 0.250. The lowest BCUT2D eigenvalue weighted by atomic mass is 9.97. The van der Waals surface area contributed by atoms with Gasteiger partial charge >= 0.3 is 0 Å². The Hall–Kier alpha value is -3.45.